The molecule has 1 aromatic carbocycles. The second-order valence-corrected chi connectivity index (χ2v) is 5.18. The molecule has 0 bridgehead atoms. The van der Waals surface area contributed by atoms with Crippen molar-refractivity contribution in [3.8, 4) is 0 Å². The summed E-state index contributed by atoms with van der Waals surface area (Å²) in [6.45, 7) is 0. The Morgan fingerprint density at radius 2 is 1.91 bits per heavy atom. The fourth-order valence-corrected chi connectivity index (χ4v) is 2.67. The lowest BCUT2D eigenvalue weighted by molar-refractivity contribution is -0.148. The molecule has 0 radical (unpaired) electrons. The molecule has 7 heteroatoms. The molecule has 0 spiro atoms. The van der Waals surface area contributed by atoms with Gasteiger partial charge in [0, 0.05) is 12.0 Å². The van der Waals surface area contributed by atoms with Crippen molar-refractivity contribution in [1.29, 1.82) is 0 Å². The summed E-state index contributed by atoms with van der Waals surface area (Å²) in [5.41, 5.74) is 2.73. The van der Waals surface area contributed by atoms with E-state index in [1.807, 2.05) is 0 Å². The predicted molar refractivity (Wildman–Crippen MR) is 78.2 cm³/mol. The van der Waals surface area contributed by atoms with Gasteiger partial charge < -0.3 is 9.52 Å². The summed E-state index contributed by atoms with van der Waals surface area (Å²) in [5, 5.41) is 10.3. The van der Waals surface area contributed by atoms with Crippen LogP contribution in [0.15, 0.2) is 53.1 Å². The van der Waals surface area contributed by atoms with Crippen LogP contribution in [0.25, 0.3) is 0 Å². The summed E-state index contributed by atoms with van der Waals surface area (Å²) in [6, 6.07) is 10.3. The normalized spacial score (nSPS) is 20.5. The van der Waals surface area contributed by atoms with Crippen LogP contribution in [-0.4, -0.2) is 33.9 Å². The van der Waals surface area contributed by atoms with Crippen LogP contribution >= 0.6 is 0 Å². The SMILES string of the molecule is O=C(NN1C(=O)CC(c2ccco2)C1C(=O)O)c1ccccc1. The molecule has 1 aliphatic heterocycles. The summed E-state index contributed by atoms with van der Waals surface area (Å²) >= 11 is 0. The third-order valence-electron chi connectivity index (χ3n) is 3.74. The molecular weight excluding hydrogens is 300 g/mol. The molecule has 2 aromatic rings. The fourth-order valence-electron chi connectivity index (χ4n) is 2.67. The number of furan rings is 1. The van der Waals surface area contributed by atoms with Crippen LogP contribution in [0, 0.1) is 0 Å². The third-order valence-corrected chi connectivity index (χ3v) is 3.74. The Bertz CT molecular complexity index is 726. The first-order valence-electron chi connectivity index (χ1n) is 7.02. The number of carbonyl (C=O) groups is 3. The average Bonchev–Trinajstić information content (AvgIpc) is 3.17. The number of carboxylic acid groups (broad SMARTS) is 1. The second kappa shape index (κ2) is 5.96. The lowest BCUT2D eigenvalue weighted by Gasteiger charge is -2.24. The van der Waals surface area contributed by atoms with Crippen LogP contribution in [0.4, 0.5) is 0 Å². The highest BCUT2D eigenvalue weighted by Gasteiger charge is 2.47. The maximum atomic E-state index is 12.2. The number of carbonyl (C=O) groups excluding carboxylic acids is 2. The van der Waals surface area contributed by atoms with E-state index in [1.54, 1.807) is 42.5 Å². The molecule has 2 amide bonds. The zero-order valence-corrected chi connectivity index (χ0v) is 12.0. The van der Waals surface area contributed by atoms with E-state index in [1.165, 1.54) is 6.26 Å². The van der Waals surface area contributed by atoms with Crippen LogP contribution in [0.5, 0.6) is 0 Å². The number of carboxylic acids is 1. The zero-order valence-electron chi connectivity index (χ0n) is 12.0. The summed E-state index contributed by atoms with van der Waals surface area (Å²) < 4.78 is 5.23. The van der Waals surface area contributed by atoms with Crippen molar-refractivity contribution in [2.45, 2.75) is 18.4 Å². The van der Waals surface area contributed by atoms with Crippen LogP contribution < -0.4 is 5.43 Å². The van der Waals surface area contributed by atoms with Gasteiger partial charge in [0.25, 0.3) is 5.91 Å². The van der Waals surface area contributed by atoms with Gasteiger partial charge in [-0.15, -0.1) is 0 Å². The van der Waals surface area contributed by atoms with Crippen LogP contribution in [-0.2, 0) is 9.59 Å². The topological polar surface area (TPSA) is 99.9 Å². The number of rotatable bonds is 4. The van der Waals surface area contributed by atoms with E-state index in [2.05, 4.69) is 5.43 Å². The lowest BCUT2D eigenvalue weighted by Crippen LogP contribution is -2.51. The lowest BCUT2D eigenvalue weighted by atomic mass is 9.98. The second-order valence-electron chi connectivity index (χ2n) is 5.18. The summed E-state index contributed by atoms with van der Waals surface area (Å²) in [4.78, 5) is 35.9. The Morgan fingerprint density at radius 3 is 2.52 bits per heavy atom. The molecule has 1 fully saturated rings. The number of nitrogens with one attached hydrogen (secondary N) is 1. The van der Waals surface area contributed by atoms with E-state index in [0.29, 0.717) is 11.3 Å². The molecular formula is C16H14N2O5. The number of nitrogens with zero attached hydrogens (tertiary/aromatic N) is 1. The Morgan fingerprint density at radius 1 is 1.17 bits per heavy atom. The number of aliphatic carboxylic acids is 1. The highest BCUT2D eigenvalue weighted by molar-refractivity contribution is 5.97. The molecule has 1 aromatic heterocycles. The number of amides is 2. The molecule has 2 heterocycles. The summed E-state index contributed by atoms with van der Waals surface area (Å²) in [5.74, 6) is -2.45. The average molecular weight is 314 g/mol. The summed E-state index contributed by atoms with van der Waals surface area (Å²) in [7, 11) is 0. The maximum absolute atomic E-state index is 12.2. The first kappa shape index (κ1) is 14.8. The molecule has 118 valence electrons. The van der Waals surface area contributed by atoms with Crippen molar-refractivity contribution >= 4 is 17.8 Å². The van der Waals surface area contributed by atoms with Gasteiger partial charge in [0.15, 0.2) is 6.04 Å². The van der Waals surface area contributed by atoms with Gasteiger partial charge in [-0.1, -0.05) is 18.2 Å². The Labute approximate surface area is 131 Å². The first-order valence-corrected chi connectivity index (χ1v) is 7.02. The van der Waals surface area contributed by atoms with Crippen molar-refractivity contribution in [3.63, 3.8) is 0 Å². The maximum Gasteiger partial charge on any atom is 0.329 e. The molecule has 0 saturated carbocycles. The largest absolute Gasteiger partial charge is 0.480 e. The van der Waals surface area contributed by atoms with E-state index < -0.39 is 29.7 Å². The quantitative estimate of drug-likeness (QED) is 0.888. The van der Waals surface area contributed by atoms with Crippen molar-refractivity contribution < 1.29 is 23.9 Å². The number of hydrogen-bond acceptors (Lipinski definition) is 4. The van der Waals surface area contributed by atoms with Crippen LogP contribution in [0.1, 0.15) is 28.5 Å². The highest BCUT2D eigenvalue weighted by atomic mass is 16.4. The van der Waals surface area contributed by atoms with E-state index in [0.717, 1.165) is 5.01 Å². The van der Waals surface area contributed by atoms with Gasteiger partial charge in [-0.2, -0.15) is 0 Å². The van der Waals surface area contributed by atoms with Gasteiger partial charge in [0.2, 0.25) is 5.91 Å². The minimum absolute atomic E-state index is 0.0421. The van der Waals surface area contributed by atoms with Crippen molar-refractivity contribution in [3.05, 3.63) is 60.1 Å². The molecule has 1 aliphatic rings. The number of hydrogen-bond donors (Lipinski definition) is 2. The molecule has 1 saturated heterocycles. The van der Waals surface area contributed by atoms with E-state index in [-0.39, 0.29) is 6.42 Å². The van der Waals surface area contributed by atoms with Crippen molar-refractivity contribution in [1.82, 2.24) is 10.4 Å². The van der Waals surface area contributed by atoms with Gasteiger partial charge in [0.1, 0.15) is 5.76 Å². The molecule has 23 heavy (non-hydrogen) atoms. The molecule has 2 N–H and O–H groups in total. The zero-order chi connectivity index (χ0) is 16.4. The first-order chi connectivity index (χ1) is 11.1. The minimum Gasteiger partial charge on any atom is -0.480 e. The summed E-state index contributed by atoms with van der Waals surface area (Å²) in [6.07, 6.45) is 1.38. The third kappa shape index (κ3) is 2.80. The van der Waals surface area contributed by atoms with Gasteiger partial charge in [-0.25, -0.2) is 9.80 Å². The van der Waals surface area contributed by atoms with Crippen molar-refractivity contribution in [2.24, 2.45) is 0 Å². The van der Waals surface area contributed by atoms with Gasteiger partial charge in [-0.3, -0.25) is 15.0 Å². The fraction of sp³-hybridized carbons (Fsp3) is 0.188. The Hall–Kier alpha value is -3.09. The van der Waals surface area contributed by atoms with Gasteiger partial charge in [-0.05, 0) is 24.3 Å². The molecule has 0 aliphatic carbocycles. The highest BCUT2D eigenvalue weighted by Crippen LogP contribution is 2.33. The smallest absolute Gasteiger partial charge is 0.329 e. The van der Waals surface area contributed by atoms with Crippen LogP contribution in [0.3, 0.4) is 0 Å². The Balaban J connectivity index is 1.84. The number of benzene rings is 1. The van der Waals surface area contributed by atoms with Gasteiger partial charge >= 0.3 is 5.97 Å². The van der Waals surface area contributed by atoms with E-state index >= 15 is 0 Å². The Kier molecular flexibility index (Phi) is 3.84. The van der Waals surface area contributed by atoms with Crippen LogP contribution in [0.2, 0.25) is 0 Å². The molecule has 2 atom stereocenters. The van der Waals surface area contributed by atoms with Gasteiger partial charge in [0.05, 0.1) is 12.2 Å². The van der Waals surface area contributed by atoms with Crippen molar-refractivity contribution in [2.75, 3.05) is 0 Å². The standard InChI is InChI=1S/C16H14N2O5/c19-13-9-11(12-7-4-8-23-12)14(16(21)22)18(13)17-15(20)10-5-2-1-3-6-10/h1-8,11,14H,9H2,(H,17,20)(H,21,22). The monoisotopic (exact) mass is 314 g/mol. The minimum atomic E-state index is -1.21. The van der Waals surface area contributed by atoms with E-state index in [4.69, 9.17) is 4.42 Å². The van der Waals surface area contributed by atoms with E-state index in [9.17, 15) is 19.5 Å². The molecule has 3 rings (SSSR count). The number of hydrazine groups is 1. The molecule has 2 unspecified atom stereocenters. The predicted octanol–water partition coefficient (Wildman–Crippen LogP) is 1.39. The molecule has 7 nitrogen and oxygen atoms in total.